The van der Waals surface area contributed by atoms with Crippen LogP contribution >= 0.6 is 22.9 Å². The first-order chi connectivity index (χ1) is 13.3. The van der Waals surface area contributed by atoms with Crippen molar-refractivity contribution in [2.24, 2.45) is 14.1 Å². The first-order valence-corrected chi connectivity index (χ1v) is 9.38. The molecule has 0 atom stereocenters. The number of hydrogen-bond acceptors (Lipinski definition) is 7. The second-order valence-corrected chi connectivity index (χ2v) is 7.03. The average molecular weight is 426 g/mol. The van der Waals surface area contributed by atoms with E-state index in [1.54, 1.807) is 18.4 Å². The van der Waals surface area contributed by atoms with Gasteiger partial charge in [0.1, 0.15) is 11.5 Å². The number of thiophene rings is 1. The molecule has 12 heteroatoms. The SMILES string of the molecule is CCOC(=O)c1ccsc1NC(=O)Cn1c(Cl)nc2c1c(=O)n(C)c(=O)n2C. The predicted octanol–water partition coefficient (Wildman–Crippen LogP) is 0.964. The van der Waals surface area contributed by atoms with E-state index in [9.17, 15) is 19.2 Å². The molecule has 0 aromatic carbocycles. The second-order valence-electron chi connectivity index (χ2n) is 5.78. The molecule has 3 aromatic heterocycles. The van der Waals surface area contributed by atoms with Gasteiger partial charge in [-0.3, -0.25) is 23.3 Å². The van der Waals surface area contributed by atoms with Crippen LogP contribution in [0.3, 0.4) is 0 Å². The van der Waals surface area contributed by atoms with E-state index in [1.807, 2.05) is 0 Å². The maximum Gasteiger partial charge on any atom is 0.341 e. The molecular formula is C16H16ClN5O5S. The van der Waals surface area contributed by atoms with Crippen molar-refractivity contribution < 1.29 is 14.3 Å². The van der Waals surface area contributed by atoms with Gasteiger partial charge in [-0.25, -0.2) is 9.59 Å². The maximum absolute atomic E-state index is 12.5. The minimum Gasteiger partial charge on any atom is -0.462 e. The number of aromatic nitrogens is 4. The molecule has 0 aliphatic rings. The van der Waals surface area contributed by atoms with E-state index in [2.05, 4.69) is 10.3 Å². The van der Waals surface area contributed by atoms with Gasteiger partial charge in [0.25, 0.3) is 5.56 Å². The summed E-state index contributed by atoms with van der Waals surface area (Å²) in [7, 11) is 2.78. The highest BCUT2D eigenvalue weighted by Gasteiger charge is 2.21. The number of aryl methyl sites for hydroxylation is 1. The lowest BCUT2D eigenvalue weighted by molar-refractivity contribution is -0.116. The van der Waals surface area contributed by atoms with Crippen LogP contribution in [-0.2, 0) is 30.2 Å². The highest BCUT2D eigenvalue weighted by atomic mass is 35.5. The fourth-order valence-corrected chi connectivity index (χ4v) is 3.67. The third-order valence-corrected chi connectivity index (χ3v) is 5.14. The Labute approximate surface area is 166 Å². The number of nitrogens with zero attached hydrogens (tertiary/aromatic N) is 4. The molecular weight excluding hydrogens is 410 g/mol. The fraction of sp³-hybridized carbons (Fsp3) is 0.312. The number of carbonyl (C=O) groups excluding carboxylic acids is 2. The highest BCUT2D eigenvalue weighted by Crippen LogP contribution is 2.24. The molecule has 0 fully saturated rings. The number of fused-ring (bicyclic) bond motifs is 1. The number of nitrogens with one attached hydrogen (secondary N) is 1. The monoisotopic (exact) mass is 425 g/mol. The normalized spacial score (nSPS) is 11.0. The van der Waals surface area contributed by atoms with Crippen LogP contribution < -0.4 is 16.6 Å². The smallest absolute Gasteiger partial charge is 0.341 e. The van der Waals surface area contributed by atoms with Gasteiger partial charge in [-0.15, -0.1) is 11.3 Å². The van der Waals surface area contributed by atoms with Crippen molar-refractivity contribution in [3.05, 3.63) is 43.1 Å². The Hall–Kier alpha value is -2.92. The Bertz CT molecular complexity index is 1200. The minimum atomic E-state index is -0.617. The summed E-state index contributed by atoms with van der Waals surface area (Å²) in [5, 5.41) is 4.47. The van der Waals surface area contributed by atoms with Crippen molar-refractivity contribution >= 4 is 51.0 Å². The van der Waals surface area contributed by atoms with Crippen molar-refractivity contribution in [3.63, 3.8) is 0 Å². The van der Waals surface area contributed by atoms with Gasteiger partial charge in [0, 0.05) is 14.1 Å². The number of anilines is 1. The molecule has 28 heavy (non-hydrogen) atoms. The molecule has 3 heterocycles. The third-order valence-electron chi connectivity index (χ3n) is 4.02. The molecule has 148 valence electrons. The molecule has 0 aliphatic carbocycles. The fourth-order valence-electron chi connectivity index (χ4n) is 2.65. The van der Waals surface area contributed by atoms with Gasteiger partial charge in [0.15, 0.2) is 11.2 Å². The van der Waals surface area contributed by atoms with Gasteiger partial charge < -0.3 is 10.1 Å². The number of ether oxygens (including phenoxy) is 1. The van der Waals surface area contributed by atoms with Crippen molar-refractivity contribution in [3.8, 4) is 0 Å². The molecule has 3 rings (SSSR count). The molecule has 1 amide bonds. The number of imidazole rings is 1. The lowest BCUT2D eigenvalue weighted by Crippen LogP contribution is -2.37. The van der Waals surface area contributed by atoms with Gasteiger partial charge in [-0.2, -0.15) is 4.98 Å². The van der Waals surface area contributed by atoms with Crippen LogP contribution in [0.25, 0.3) is 11.2 Å². The van der Waals surface area contributed by atoms with E-state index in [1.165, 1.54) is 23.2 Å². The summed E-state index contributed by atoms with van der Waals surface area (Å²) in [5.74, 6) is -1.07. The molecule has 0 bridgehead atoms. The topological polar surface area (TPSA) is 117 Å². The highest BCUT2D eigenvalue weighted by molar-refractivity contribution is 7.14. The van der Waals surface area contributed by atoms with E-state index >= 15 is 0 Å². The van der Waals surface area contributed by atoms with Crippen LogP contribution in [0.4, 0.5) is 5.00 Å². The maximum atomic E-state index is 12.5. The molecule has 3 aromatic rings. The zero-order valence-electron chi connectivity index (χ0n) is 15.2. The van der Waals surface area contributed by atoms with Gasteiger partial charge in [0.2, 0.25) is 11.2 Å². The number of esters is 1. The van der Waals surface area contributed by atoms with Crippen molar-refractivity contribution in [2.75, 3.05) is 11.9 Å². The third kappa shape index (κ3) is 3.34. The number of rotatable bonds is 5. The Morgan fingerprint density at radius 2 is 2.00 bits per heavy atom. The lowest BCUT2D eigenvalue weighted by Gasteiger charge is -2.09. The predicted molar refractivity (Wildman–Crippen MR) is 104 cm³/mol. The van der Waals surface area contributed by atoms with Crippen LogP contribution in [0, 0.1) is 0 Å². The Balaban J connectivity index is 1.94. The van der Waals surface area contributed by atoms with Crippen LogP contribution in [-0.4, -0.2) is 37.2 Å². The van der Waals surface area contributed by atoms with Crippen LogP contribution in [0.2, 0.25) is 5.28 Å². The number of halogens is 1. The van der Waals surface area contributed by atoms with Crippen molar-refractivity contribution in [1.82, 2.24) is 18.7 Å². The average Bonchev–Trinajstić information content (AvgIpc) is 3.23. The van der Waals surface area contributed by atoms with Crippen LogP contribution in [0.1, 0.15) is 17.3 Å². The summed E-state index contributed by atoms with van der Waals surface area (Å²) in [4.78, 5) is 53.0. The van der Waals surface area contributed by atoms with Crippen LogP contribution in [0.5, 0.6) is 0 Å². The molecule has 0 saturated heterocycles. The number of amides is 1. The first-order valence-electron chi connectivity index (χ1n) is 8.12. The van der Waals surface area contributed by atoms with Gasteiger partial charge in [-0.1, -0.05) is 0 Å². The summed E-state index contributed by atoms with van der Waals surface area (Å²) < 4.78 is 8.25. The van der Waals surface area contributed by atoms with Crippen molar-refractivity contribution in [2.45, 2.75) is 13.5 Å². The van der Waals surface area contributed by atoms with Gasteiger partial charge in [-0.05, 0) is 30.0 Å². The Morgan fingerprint density at radius 1 is 1.29 bits per heavy atom. The van der Waals surface area contributed by atoms with Gasteiger partial charge >= 0.3 is 11.7 Å². The number of hydrogen-bond donors (Lipinski definition) is 1. The standard InChI is InChI=1S/C16H16ClN5O5S/c1-4-27-14(25)8-5-6-28-12(8)18-9(23)7-22-10-11(19-15(22)17)20(2)16(26)21(3)13(10)24/h5-6H,4,7H2,1-3H3,(H,18,23). The Kier molecular flexibility index (Phi) is 5.38. The zero-order valence-corrected chi connectivity index (χ0v) is 16.8. The Morgan fingerprint density at radius 3 is 2.68 bits per heavy atom. The van der Waals surface area contributed by atoms with E-state index in [0.29, 0.717) is 5.00 Å². The van der Waals surface area contributed by atoms with Crippen molar-refractivity contribution in [1.29, 1.82) is 0 Å². The lowest BCUT2D eigenvalue weighted by atomic mass is 10.3. The molecule has 0 aliphatic heterocycles. The molecule has 0 saturated carbocycles. The molecule has 0 unspecified atom stereocenters. The van der Waals surface area contributed by atoms with E-state index in [4.69, 9.17) is 16.3 Å². The minimum absolute atomic E-state index is 0.0292. The quantitative estimate of drug-likeness (QED) is 0.480. The largest absolute Gasteiger partial charge is 0.462 e. The first kappa shape index (κ1) is 19.8. The second kappa shape index (κ2) is 7.60. The molecule has 1 N–H and O–H groups in total. The molecule has 0 radical (unpaired) electrons. The van der Waals surface area contributed by atoms with Gasteiger partial charge in [0.05, 0.1) is 12.2 Å². The summed E-state index contributed by atoms with van der Waals surface area (Å²) in [6.07, 6.45) is 0. The number of carbonyl (C=O) groups is 2. The summed E-state index contributed by atoms with van der Waals surface area (Å²) in [6, 6.07) is 1.55. The molecule has 0 spiro atoms. The van der Waals surface area contributed by atoms with Crippen LogP contribution in [0.15, 0.2) is 21.0 Å². The van der Waals surface area contributed by atoms with E-state index in [-0.39, 0.29) is 35.2 Å². The summed E-state index contributed by atoms with van der Waals surface area (Å²) >= 11 is 7.26. The van der Waals surface area contributed by atoms with E-state index < -0.39 is 23.1 Å². The summed E-state index contributed by atoms with van der Waals surface area (Å²) in [6.45, 7) is 1.56. The summed E-state index contributed by atoms with van der Waals surface area (Å²) in [5.41, 5.74) is -0.828. The zero-order chi connectivity index (χ0) is 20.6. The molecule has 10 nitrogen and oxygen atoms in total. The van der Waals surface area contributed by atoms with E-state index in [0.717, 1.165) is 15.9 Å².